The van der Waals surface area contributed by atoms with Crippen molar-refractivity contribution in [1.29, 1.82) is 0 Å². The lowest BCUT2D eigenvalue weighted by atomic mass is 9.98. The Kier molecular flexibility index (Phi) is 2.22. The van der Waals surface area contributed by atoms with E-state index < -0.39 is 0 Å². The Morgan fingerprint density at radius 1 is 0.812 bits per heavy atom. The van der Waals surface area contributed by atoms with E-state index in [0.29, 0.717) is 6.61 Å². The molecule has 0 fully saturated rings. The van der Waals surface area contributed by atoms with Crippen molar-refractivity contribution in [2.24, 2.45) is 0 Å². The second kappa shape index (κ2) is 3.86. The zero-order valence-electron chi connectivity index (χ0n) is 8.89. The SMILES string of the molecule is C1=Cc2ccccc2-c2ccccc2OC1. The number of para-hydroxylation sites is 1. The Labute approximate surface area is 95.0 Å². The minimum absolute atomic E-state index is 0.630. The summed E-state index contributed by atoms with van der Waals surface area (Å²) in [4.78, 5) is 0. The van der Waals surface area contributed by atoms with Crippen molar-refractivity contribution in [2.45, 2.75) is 0 Å². The highest BCUT2D eigenvalue weighted by Crippen LogP contribution is 2.33. The van der Waals surface area contributed by atoms with Crippen LogP contribution in [0.25, 0.3) is 17.2 Å². The standard InChI is InChI=1S/C15H12O/c1-2-8-13-12(6-1)7-5-11-16-15-10-4-3-9-14(13)15/h1-10H,11H2. The molecule has 0 unspecified atom stereocenters. The lowest BCUT2D eigenvalue weighted by Gasteiger charge is -2.14. The molecule has 0 N–H and O–H groups in total. The molecular formula is C15H12O. The predicted molar refractivity (Wildman–Crippen MR) is 66.4 cm³/mol. The fourth-order valence-corrected chi connectivity index (χ4v) is 2.02. The van der Waals surface area contributed by atoms with E-state index in [4.69, 9.17) is 4.74 Å². The van der Waals surface area contributed by atoms with Crippen LogP contribution in [0.2, 0.25) is 0 Å². The van der Waals surface area contributed by atoms with Crippen molar-refractivity contribution in [2.75, 3.05) is 6.61 Å². The summed E-state index contributed by atoms with van der Waals surface area (Å²) in [7, 11) is 0. The number of rotatable bonds is 0. The maximum absolute atomic E-state index is 5.70. The Bertz CT molecular complexity index is 541. The molecule has 2 aromatic carbocycles. The minimum Gasteiger partial charge on any atom is -0.489 e. The minimum atomic E-state index is 0.630. The van der Waals surface area contributed by atoms with E-state index in [0.717, 1.165) is 5.75 Å². The molecule has 1 aliphatic heterocycles. The molecule has 0 aromatic heterocycles. The number of fused-ring (bicyclic) bond motifs is 3. The monoisotopic (exact) mass is 208 g/mol. The van der Waals surface area contributed by atoms with Crippen LogP contribution in [0.3, 0.4) is 0 Å². The van der Waals surface area contributed by atoms with Gasteiger partial charge in [0.05, 0.1) is 0 Å². The topological polar surface area (TPSA) is 9.23 Å². The molecule has 16 heavy (non-hydrogen) atoms. The number of benzene rings is 2. The van der Waals surface area contributed by atoms with Crippen LogP contribution >= 0.6 is 0 Å². The molecule has 0 saturated heterocycles. The summed E-state index contributed by atoms with van der Waals surface area (Å²) in [5.41, 5.74) is 3.65. The zero-order chi connectivity index (χ0) is 10.8. The number of hydrogen-bond acceptors (Lipinski definition) is 1. The van der Waals surface area contributed by atoms with Crippen LogP contribution in [-0.4, -0.2) is 6.61 Å². The van der Waals surface area contributed by atoms with Gasteiger partial charge in [0.2, 0.25) is 0 Å². The summed E-state index contributed by atoms with van der Waals surface area (Å²) in [6.45, 7) is 0.630. The van der Waals surface area contributed by atoms with Crippen molar-refractivity contribution >= 4 is 6.08 Å². The molecule has 1 heterocycles. The van der Waals surface area contributed by atoms with E-state index in [1.54, 1.807) is 0 Å². The van der Waals surface area contributed by atoms with Crippen molar-refractivity contribution in [1.82, 2.24) is 0 Å². The maximum Gasteiger partial charge on any atom is 0.127 e. The van der Waals surface area contributed by atoms with Crippen LogP contribution in [0, 0.1) is 0 Å². The predicted octanol–water partition coefficient (Wildman–Crippen LogP) is 3.76. The first-order valence-corrected chi connectivity index (χ1v) is 5.43. The molecule has 1 nitrogen and oxygen atoms in total. The summed E-state index contributed by atoms with van der Waals surface area (Å²) >= 11 is 0. The van der Waals surface area contributed by atoms with E-state index in [1.807, 2.05) is 18.2 Å². The van der Waals surface area contributed by atoms with Crippen molar-refractivity contribution in [3.05, 3.63) is 60.2 Å². The fraction of sp³-hybridized carbons (Fsp3) is 0.0667. The lowest BCUT2D eigenvalue weighted by molar-refractivity contribution is 0.364. The largest absolute Gasteiger partial charge is 0.489 e. The Morgan fingerprint density at radius 2 is 1.56 bits per heavy atom. The van der Waals surface area contributed by atoms with Crippen LogP contribution < -0.4 is 4.74 Å². The summed E-state index contributed by atoms with van der Waals surface area (Å²) in [6.07, 6.45) is 4.17. The normalized spacial score (nSPS) is 13.0. The summed E-state index contributed by atoms with van der Waals surface area (Å²) in [5, 5.41) is 0. The summed E-state index contributed by atoms with van der Waals surface area (Å²) in [6, 6.07) is 16.6. The smallest absolute Gasteiger partial charge is 0.127 e. The van der Waals surface area contributed by atoms with E-state index in [2.05, 4.69) is 42.5 Å². The molecule has 3 rings (SSSR count). The molecule has 1 heteroatoms. The van der Waals surface area contributed by atoms with Gasteiger partial charge in [0.25, 0.3) is 0 Å². The average Bonchev–Trinajstić information content (AvgIpc) is 2.33. The number of ether oxygens (including phenoxy) is 1. The molecule has 0 saturated carbocycles. The second-order valence-corrected chi connectivity index (χ2v) is 3.80. The van der Waals surface area contributed by atoms with Crippen LogP contribution in [0.1, 0.15) is 5.56 Å². The van der Waals surface area contributed by atoms with Crippen LogP contribution in [0.5, 0.6) is 5.75 Å². The van der Waals surface area contributed by atoms with Gasteiger partial charge in [-0.1, -0.05) is 48.5 Å². The molecule has 2 aromatic rings. The van der Waals surface area contributed by atoms with E-state index in [9.17, 15) is 0 Å². The third-order valence-corrected chi connectivity index (χ3v) is 2.77. The van der Waals surface area contributed by atoms with Gasteiger partial charge in [-0.3, -0.25) is 0 Å². The number of hydrogen-bond donors (Lipinski definition) is 0. The van der Waals surface area contributed by atoms with Crippen LogP contribution in [0.4, 0.5) is 0 Å². The molecule has 0 bridgehead atoms. The van der Waals surface area contributed by atoms with Gasteiger partial charge in [0.15, 0.2) is 0 Å². The van der Waals surface area contributed by atoms with E-state index in [1.165, 1.54) is 16.7 Å². The third-order valence-electron chi connectivity index (χ3n) is 2.77. The highest BCUT2D eigenvalue weighted by Gasteiger charge is 2.09. The summed E-state index contributed by atoms with van der Waals surface area (Å²) < 4.78 is 5.70. The first-order chi connectivity index (χ1) is 7.95. The average molecular weight is 208 g/mol. The maximum atomic E-state index is 5.70. The van der Waals surface area contributed by atoms with Crippen molar-refractivity contribution in [3.63, 3.8) is 0 Å². The second-order valence-electron chi connectivity index (χ2n) is 3.80. The van der Waals surface area contributed by atoms with Crippen molar-refractivity contribution in [3.8, 4) is 16.9 Å². The molecule has 78 valence electrons. The van der Waals surface area contributed by atoms with Crippen molar-refractivity contribution < 1.29 is 4.74 Å². The molecule has 0 spiro atoms. The molecule has 1 aliphatic rings. The summed E-state index contributed by atoms with van der Waals surface area (Å²) in [5.74, 6) is 0.958. The molecule has 0 aliphatic carbocycles. The van der Waals surface area contributed by atoms with Gasteiger partial charge >= 0.3 is 0 Å². The molecule has 0 atom stereocenters. The van der Waals surface area contributed by atoms with Gasteiger partial charge < -0.3 is 4.74 Å². The first-order valence-electron chi connectivity index (χ1n) is 5.43. The van der Waals surface area contributed by atoms with E-state index >= 15 is 0 Å². The molecular weight excluding hydrogens is 196 g/mol. The van der Waals surface area contributed by atoms with Crippen LogP contribution in [-0.2, 0) is 0 Å². The van der Waals surface area contributed by atoms with Gasteiger partial charge in [0, 0.05) is 5.56 Å². The van der Waals surface area contributed by atoms with Gasteiger partial charge in [-0.25, -0.2) is 0 Å². The van der Waals surface area contributed by atoms with Gasteiger partial charge in [-0.2, -0.15) is 0 Å². The Balaban J connectivity index is 2.28. The third kappa shape index (κ3) is 1.50. The van der Waals surface area contributed by atoms with Crippen LogP contribution in [0.15, 0.2) is 54.6 Å². The highest BCUT2D eigenvalue weighted by atomic mass is 16.5. The first kappa shape index (κ1) is 9.22. The molecule has 0 amide bonds. The highest BCUT2D eigenvalue weighted by molar-refractivity contribution is 5.79. The van der Waals surface area contributed by atoms with Gasteiger partial charge in [0.1, 0.15) is 12.4 Å². The zero-order valence-corrected chi connectivity index (χ0v) is 8.89. The Hall–Kier alpha value is -2.02. The fourth-order valence-electron chi connectivity index (χ4n) is 2.02. The van der Waals surface area contributed by atoms with Gasteiger partial charge in [-0.15, -0.1) is 0 Å². The van der Waals surface area contributed by atoms with Gasteiger partial charge in [-0.05, 0) is 23.3 Å². The molecule has 0 radical (unpaired) electrons. The van der Waals surface area contributed by atoms with E-state index in [-0.39, 0.29) is 0 Å². The Morgan fingerprint density at radius 3 is 2.50 bits per heavy atom. The lowest BCUT2D eigenvalue weighted by Crippen LogP contribution is -1.98. The quantitative estimate of drug-likeness (QED) is 0.640.